The third kappa shape index (κ3) is 4.95. The van der Waals surface area contributed by atoms with Gasteiger partial charge in [0, 0.05) is 31.0 Å². The molecule has 0 radical (unpaired) electrons. The van der Waals surface area contributed by atoms with Crippen molar-refractivity contribution < 1.29 is 29.0 Å². The van der Waals surface area contributed by atoms with Crippen molar-refractivity contribution >= 4 is 46.4 Å². The first-order valence-corrected chi connectivity index (χ1v) is 12.2. The molecule has 1 amide bonds. The van der Waals surface area contributed by atoms with Crippen LogP contribution in [-0.2, 0) is 14.3 Å². The largest absolute Gasteiger partial charge is 0.507 e. The number of benzene rings is 3. The molecule has 3 aromatic carbocycles. The lowest BCUT2D eigenvalue weighted by atomic mass is 9.94. The minimum atomic E-state index is -0.995. The summed E-state index contributed by atoms with van der Waals surface area (Å²) in [4.78, 5) is 42.3. The number of aliphatic hydroxyl groups is 1. The van der Waals surface area contributed by atoms with Gasteiger partial charge in [-0.15, -0.1) is 0 Å². The average Bonchev–Trinajstić information content (AvgIpc) is 3.19. The Labute approximate surface area is 225 Å². The van der Waals surface area contributed by atoms with Crippen LogP contribution in [0, 0.1) is 0 Å². The number of esters is 1. The molecule has 196 valence electrons. The maximum absolute atomic E-state index is 13.5. The van der Waals surface area contributed by atoms with Crippen LogP contribution >= 0.6 is 11.6 Å². The smallest absolute Gasteiger partial charge is 0.337 e. The number of hydrogen-bond donors (Lipinski definition) is 1. The van der Waals surface area contributed by atoms with Gasteiger partial charge in [0.05, 0.1) is 35.9 Å². The monoisotopic (exact) mass is 534 g/mol. The molecule has 0 aromatic heterocycles. The highest BCUT2D eigenvalue weighted by Gasteiger charge is 2.47. The number of aliphatic hydroxyl groups excluding tert-OH is 1. The van der Waals surface area contributed by atoms with Crippen molar-refractivity contribution in [3.63, 3.8) is 0 Å². The van der Waals surface area contributed by atoms with Gasteiger partial charge in [-0.2, -0.15) is 0 Å². The molecular weight excluding hydrogens is 508 g/mol. The van der Waals surface area contributed by atoms with Crippen molar-refractivity contribution in [1.82, 2.24) is 0 Å². The molecule has 0 saturated carbocycles. The van der Waals surface area contributed by atoms with Crippen molar-refractivity contribution in [2.24, 2.45) is 0 Å². The molecule has 9 heteroatoms. The quantitative estimate of drug-likeness (QED) is 0.192. The van der Waals surface area contributed by atoms with E-state index in [4.69, 9.17) is 21.1 Å². The fourth-order valence-corrected chi connectivity index (χ4v) is 4.56. The van der Waals surface area contributed by atoms with Crippen molar-refractivity contribution in [3.8, 4) is 5.75 Å². The number of methoxy groups -OCH3 is 1. The molecule has 1 atom stereocenters. The van der Waals surface area contributed by atoms with E-state index in [0.717, 1.165) is 5.69 Å². The summed E-state index contributed by atoms with van der Waals surface area (Å²) in [6, 6.07) is 17.2. The van der Waals surface area contributed by atoms with Crippen molar-refractivity contribution in [3.05, 3.63) is 94.0 Å². The molecule has 1 aliphatic heterocycles. The van der Waals surface area contributed by atoms with Crippen LogP contribution in [0.25, 0.3) is 5.76 Å². The molecule has 0 bridgehead atoms. The second kappa shape index (κ2) is 11.0. The summed E-state index contributed by atoms with van der Waals surface area (Å²) in [5.74, 6) is -2.30. The number of nitrogens with zero attached hydrogens (tertiary/aromatic N) is 2. The Balaban J connectivity index is 1.95. The summed E-state index contributed by atoms with van der Waals surface area (Å²) < 4.78 is 10.4. The fraction of sp³-hybridized carbons (Fsp3) is 0.207. The number of ether oxygens (including phenoxy) is 2. The molecular formula is C29H27ClN2O6. The molecule has 8 nitrogen and oxygen atoms in total. The molecule has 1 unspecified atom stereocenters. The molecule has 1 fully saturated rings. The van der Waals surface area contributed by atoms with E-state index in [2.05, 4.69) is 0 Å². The second-order valence-corrected chi connectivity index (χ2v) is 9.18. The van der Waals surface area contributed by atoms with E-state index in [0.29, 0.717) is 23.6 Å². The number of hydrogen-bond acceptors (Lipinski definition) is 7. The van der Waals surface area contributed by atoms with Crippen LogP contribution in [0.2, 0.25) is 5.02 Å². The zero-order valence-electron chi connectivity index (χ0n) is 21.4. The lowest BCUT2D eigenvalue weighted by molar-refractivity contribution is -0.132. The molecule has 1 N–H and O–H groups in total. The average molecular weight is 535 g/mol. The number of amides is 1. The standard InChI is InChI=1S/C29H27ClN2O6/c1-5-38-21-13-14-23(30)22(16-21)26(33)24-25(17-9-11-19(12-10-17)31(2)3)32(28(35)27(24)34)20-8-6-7-18(15-20)29(36)37-4/h6-16,25,33H,5H2,1-4H3/b26-24+. The predicted octanol–water partition coefficient (Wildman–Crippen LogP) is 5.22. The first-order chi connectivity index (χ1) is 18.2. The highest BCUT2D eigenvalue weighted by atomic mass is 35.5. The Morgan fingerprint density at radius 3 is 2.39 bits per heavy atom. The van der Waals surface area contributed by atoms with Crippen LogP contribution in [0.15, 0.2) is 72.3 Å². The Hall–Kier alpha value is -4.30. The van der Waals surface area contributed by atoms with Crippen molar-refractivity contribution in [2.75, 3.05) is 37.6 Å². The fourth-order valence-electron chi connectivity index (χ4n) is 4.36. The minimum absolute atomic E-state index is 0.133. The van der Waals surface area contributed by atoms with E-state index in [1.54, 1.807) is 42.5 Å². The van der Waals surface area contributed by atoms with Gasteiger partial charge in [0.25, 0.3) is 11.7 Å². The third-order valence-electron chi connectivity index (χ3n) is 6.22. The first kappa shape index (κ1) is 26.8. The van der Waals surface area contributed by atoms with Crippen molar-refractivity contribution in [2.45, 2.75) is 13.0 Å². The van der Waals surface area contributed by atoms with Gasteiger partial charge in [0.15, 0.2) is 0 Å². The molecule has 1 saturated heterocycles. The van der Waals surface area contributed by atoms with Gasteiger partial charge in [-0.1, -0.05) is 29.8 Å². The van der Waals surface area contributed by atoms with E-state index in [1.165, 1.54) is 24.1 Å². The normalized spacial score (nSPS) is 16.4. The van der Waals surface area contributed by atoms with Gasteiger partial charge in [-0.25, -0.2) is 4.79 Å². The molecule has 0 aliphatic carbocycles. The number of carbonyl (C=O) groups is 3. The van der Waals surface area contributed by atoms with Crippen LogP contribution < -0.4 is 14.5 Å². The van der Waals surface area contributed by atoms with Crippen molar-refractivity contribution in [1.29, 1.82) is 0 Å². The van der Waals surface area contributed by atoms with Crippen LogP contribution in [0.1, 0.15) is 34.5 Å². The molecule has 1 heterocycles. The SMILES string of the molecule is CCOc1ccc(Cl)c(/C(O)=C2\C(=O)C(=O)N(c3cccc(C(=O)OC)c3)C2c2ccc(N(C)C)cc2)c1. The Kier molecular flexibility index (Phi) is 7.73. The van der Waals surface area contributed by atoms with Gasteiger partial charge in [-0.3, -0.25) is 14.5 Å². The third-order valence-corrected chi connectivity index (χ3v) is 6.55. The highest BCUT2D eigenvalue weighted by molar-refractivity contribution is 6.52. The number of Topliss-reactive ketones (excluding diaryl/α,β-unsaturated/α-hetero) is 1. The van der Waals surface area contributed by atoms with Gasteiger partial charge in [-0.05, 0) is 61.0 Å². The molecule has 0 spiro atoms. The first-order valence-electron chi connectivity index (χ1n) is 11.9. The zero-order valence-corrected chi connectivity index (χ0v) is 22.2. The lowest BCUT2D eigenvalue weighted by Crippen LogP contribution is -2.29. The van der Waals surface area contributed by atoms with Crippen LogP contribution in [0.3, 0.4) is 0 Å². The second-order valence-electron chi connectivity index (χ2n) is 8.77. The highest BCUT2D eigenvalue weighted by Crippen LogP contribution is 2.43. The Morgan fingerprint density at radius 2 is 1.76 bits per heavy atom. The maximum atomic E-state index is 13.5. The summed E-state index contributed by atoms with van der Waals surface area (Å²) in [7, 11) is 5.05. The minimum Gasteiger partial charge on any atom is -0.507 e. The number of rotatable bonds is 7. The van der Waals surface area contributed by atoms with Gasteiger partial charge >= 0.3 is 5.97 Å². The molecule has 38 heavy (non-hydrogen) atoms. The number of carbonyl (C=O) groups excluding carboxylic acids is 3. The molecule has 3 aromatic rings. The van der Waals surface area contributed by atoms with Crippen LogP contribution in [-0.4, -0.2) is 50.6 Å². The van der Waals surface area contributed by atoms with E-state index in [-0.39, 0.29) is 21.7 Å². The molecule has 4 rings (SSSR count). The van der Waals surface area contributed by atoms with E-state index < -0.39 is 29.5 Å². The number of halogens is 1. The van der Waals surface area contributed by atoms with E-state index in [9.17, 15) is 19.5 Å². The summed E-state index contributed by atoms with van der Waals surface area (Å²) in [6.07, 6.45) is 0. The van der Waals surface area contributed by atoms with Crippen LogP contribution in [0.4, 0.5) is 11.4 Å². The lowest BCUT2D eigenvalue weighted by Gasteiger charge is -2.26. The van der Waals surface area contributed by atoms with Gasteiger partial charge in [0.1, 0.15) is 11.5 Å². The zero-order chi connectivity index (χ0) is 27.6. The van der Waals surface area contributed by atoms with Gasteiger partial charge < -0.3 is 19.5 Å². The number of anilines is 2. The van der Waals surface area contributed by atoms with Crippen LogP contribution in [0.5, 0.6) is 5.75 Å². The molecule has 1 aliphatic rings. The Bertz CT molecular complexity index is 1430. The van der Waals surface area contributed by atoms with E-state index in [1.807, 2.05) is 38.1 Å². The maximum Gasteiger partial charge on any atom is 0.337 e. The van der Waals surface area contributed by atoms with Gasteiger partial charge in [0.2, 0.25) is 0 Å². The predicted molar refractivity (Wildman–Crippen MR) is 146 cm³/mol. The Morgan fingerprint density at radius 1 is 1.05 bits per heavy atom. The van der Waals surface area contributed by atoms with E-state index >= 15 is 0 Å². The summed E-state index contributed by atoms with van der Waals surface area (Å²) >= 11 is 6.41. The summed E-state index contributed by atoms with van der Waals surface area (Å²) in [5.41, 5.74) is 2.02. The topological polar surface area (TPSA) is 96.4 Å². The number of ketones is 1. The summed E-state index contributed by atoms with van der Waals surface area (Å²) in [6.45, 7) is 2.21. The summed E-state index contributed by atoms with van der Waals surface area (Å²) in [5, 5.41) is 11.6.